The van der Waals surface area contributed by atoms with Gasteiger partial charge >= 0.3 is 0 Å². The third-order valence-electron chi connectivity index (χ3n) is 5.70. The summed E-state index contributed by atoms with van der Waals surface area (Å²) in [5.41, 5.74) is 5.70. The number of amides is 2. The number of nitrogens with one attached hydrogen (secondary N) is 2. The van der Waals surface area contributed by atoms with Crippen LogP contribution < -0.4 is 15.5 Å². The van der Waals surface area contributed by atoms with E-state index in [1.807, 2.05) is 54.9 Å². The van der Waals surface area contributed by atoms with Crippen molar-refractivity contribution in [3.8, 4) is 0 Å². The first-order valence-electron chi connectivity index (χ1n) is 10.4. The fraction of sp³-hybridized carbons (Fsp3) is 0.292. The Kier molecular flexibility index (Phi) is 5.86. The van der Waals surface area contributed by atoms with Crippen molar-refractivity contribution in [2.24, 2.45) is 0 Å². The molecule has 0 unspecified atom stereocenters. The van der Waals surface area contributed by atoms with E-state index in [2.05, 4.69) is 34.8 Å². The number of rotatable bonds is 6. The molecule has 31 heavy (non-hydrogen) atoms. The molecular formula is C24H27N5O2. The zero-order valence-electron chi connectivity index (χ0n) is 18.1. The molecule has 0 saturated heterocycles. The maximum Gasteiger partial charge on any atom is 0.244 e. The largest absolute Gasteiger partial charge is 0.323 e. The number of aromatic nitrogens is 2. The van der Waals surface area contributed by atoms with Crippen LogP contribution in [0.3, 0.4) is 0 Å². The van der Waals surface area contributed by atoms with Gasteiger partial charge in [-0.2, -0.15) is 5.10 Å². The topological polar surface area (TPSA) is 79.3 Å². The van der Waals surface area contributed by atoms with E-state index in [9.17, 15) is 9.59 Å². The first-order chi connectivity index (χ1) is 14.9. The van der Waals surface area contributed by atoms with Gasteiger partial charge < -0.3 is 10.6 Å². The standard InChI is InChI=1S/C24H27N5O2/c1-16-20(18(3)29(27-16)14-19-9-5-4-6-10-19)13-25-17(2)24(31)28-15-23(30)26-21-11-7-8-12-22(21)28/h4-12,17,25H,13-15H2,1-3H3,(H,26,30)/t17-/m1/s1. The summed E-state index contributed by atoms with van der Waals surface area (Å²) in [6.07, 6.45) is 0. The number of nitrogens with zero attached hydrogens (tertiary/aromatic N) is 3. The Hall–Kier alpha value is -3.45. The zero-order chi connectivity index (χ0) is 22.0. The van der Waals surface area contributed by atoms with Crippen molar-refractivity contribution in [2.75, 3.05) is 16.8 Å². The van der Waals surface area contributed by atoms with Crippen LogP contribution in [-0.4, -0.2) is 34.2 Å². The van der Waals surface area contributed by atoms with Crippen molar-refractivity contribution < 1.29 is 9.59 Å². The quantitative estimate of drug-likeness (QED) is 0.646. The van der Waals surface area contributed by atoms with Crippen molar-refractivity contribution in [3.05, 3.63) is 77.1 Å². The Labute approximate surface area is 182 Å². The van der Waals surface area contributed by atoms with Crippen LogP contribution in [0.2, 0.25) is 0 Å². The molecule has 160 valence electrons. The SMILES string of the molecule is Cc1nn(Cc2ccccc2)c(C)c1CN[C@H](C)C(=O)N1CC(=O)Nc2ccccc21. The molecule has 1 aromatic heterocycles. The van der Waals surface area contributed by atoms with E-state index < -0.39 is 6.04 Å². The van der Waals surface area contributed by atoms with Crippen LogP contribution in [0, 0.1) is 13.8 Å². The molecule has 0 bridgehead atoms. The van der Waals surface area contributed by atoms with Gasteiger partial charge in [-0.25, -0.2) is 0 Å². The molecule has 0 spiro atoms. The fourth-order valence-electron chi connectivity index (χ4n) is 3.91. The Morgan fingerprint density at radius 2 is 1.84 bits per heavy atom. The van der Waals surface area contributed by atoms with E-state index in [0.29, 0.717) is 18.8 Å². The number of hydrogen-bond donors (Lipinski definition) is 2. The number of hydrogen-bond acceptors (Lipinski definition) is 4. The molecular weight excluding hydrogens is 390 g/mol. The van der Waals surface area contributed by atoms with E-state index in [4.69, 9.17) is 0 Å². The van der Waals surface area contributed by atoms with Crippen LogP contribution in [0.1, 0.15) is 29.4 Å². The number of fused-ring (bicyclic) bond motifs is 1. The van der Waals surface area contributed by atoms with Gasteiger partial charge in [0.25, 0.3) is 0 Å². The number of aryl methyl sites for hydroxylation is 1. The molecule has 0 aliphatic carbocycles. The molecule has 1 aliphatic heterocycles. The molecule has 2 N–H and O–H groups in total. The molecule has 2 amide bonds. The lowest BCUT2D eigenvalue weighted by Crippen LogP contribution is -2.49. The van der Waals surface area contributed by atoms with Gasteiger partial charge in [0.2, 0.25) is 11.8 Å². The average molecular weight is 418 g/mol. The summed E-state index contributed by atoms with van der Waals surface area (Å²) in [5.74, 6) is -0.317. The van der Waals surface area contributed by atoms with Gasteiger partial charge in [-0.05, 0) is 38.5 Å². The number of anilines is 2. The fourth-order valence-corrected chi connectivity index (χ4v) is 3.91. The molecule has 2 aromatic carbocycles. The van der Waals surface area contributed by atoms with Crippen LogP contribution in [-0.2, 0) is 22.7 Å². The molecule has 4 rings (SSSR count). The van der Waals surface area contributed by atoms with Crippen LogP contribution >= 0.6 is 0 Å². The molecule has 2 heterocycles. The molecule has 1 aliphatic rings. The van der Waals surface area contributed by atoms with Crippen molar-refractivity contribution >= 4 is 23.2 Å². The van der Waals surface area contributed by atoms with Crippen molar-refractivity contribution in [1.82, 2.24) is 15.1 Å². The molecule has 3 aromatic rings. The van der Waals surface area contributed by atoms with Crippen molar-refractivity contribution in [3.63, 3.8) is 0 Å². The summed E-state index contributed by atoms with van der Waals surface area (Å²) < 4.78 is 2.00. The predicted octanol–water partition coefficient (Wildman–Crippen LogP) is 3.01. The number of carbonyl (C=O) groups is 2. The third kappa shape index (κ3) is 4.36. The Morgan fingerprint density at radius 3 is 2.61 bits per heavy atom. The van der Waals surface area contributed by atoms with E-state index >= 15 is 0 Å². The summed E-state index contributed by atoms with van der Waals surface area (Å²) in [4.78, 5) is 26.7. The monoisotopic (exact) mass is 417 g/mol. The molecule has 7 nitrogen and oxygen atoms in total. The Bertz CT molecular complexity index is 1110. The summed E-state index contributed by atoms with van der Waals surface area (Å²) >= 11 is 0. The second-order valence-electron chi connectivity index (χ2n) is 7.88. The van der Waals surface area contributed by atoms with Crippen molar-refractivity contribution in [2.45, 2.75) is 39.9 Å². The smallest absolute Gasteiger partial charge is 0.244 e. The molecule has 1 atom stereocenters. The van der Waals surface area contributed by atoms with Gasteiger partial charge in [-0.3, -0.25) is 19.2 Å². The maximum atomic E-state index is 13.1. The Balaban J connectivity index is 1.45. The second-order valence-corrected chi connectivity index (χ2v) is 7.88. The van der Waals surface area contributed by atoms with Gasteiger partial charge in [0.05, 0.1) is 29.7 Å². The highest BCUT2D eigenvalue weighted by Gasteiger charge is 2.29. The van der Waals surface area contributed by atoms with Crippen LogP contribution in [0.15, 0.2) is 54.6 Å². The molecule has 7 heteroatoms. The number of carbonyl (C=O) groups excluding carboxylic acids is 2. The van der Waals surface area contributed by atoms with Gasteiger partial charge in [-0.1, -0.05) is 42.5 Å². The highest BCUT2D eigenvalue weighted by Crippen LogP contribution is 2.29. The van der Waals surface area contributed by atoms with Gasteiger partial charge in [0, 0.05) is 17.8 Å². The highest BCUT2D eigenvalue weighted by atomic mass is 16.2. The van der Waals surface area contributed by atoms with Gasteiger partial charge in [0.15, 0.2) is 0 Å². The first kappa shape index (κ1) is 20.8. The highest BCUT2D eigenvalue weighted by molar-refractivity contribution is 6.11. The Morgan fingerprint density at radius 1 is 1.13 bits per heavy atom. The minimum atomic E-state index is -0.449. The van der Waals surface area contributed by atoms with Gasteiger partial charge in [-0.15, -0.1) is 0 Å². The lowest BCUT2D eigenvalue weighted by molar-refractivity contribution is -0.123. The van der Waals surface area contributed by atoms with Crippen LogP contribution in [0.5, 0.6) is 0 Å². The minimum Gasteiger partial charge on any atom is -0.323 e. The van der Waals surface area contributed by atoms with Crippen LogP contribution in [0.25, 0.3) is 0 Å². The lowest BCUT2D eigenvalue weighted by Gasteiger charge is -2.31. The first-order valence-corrected chi connectivity index (χ1v) is 10.4. The zero-order valence-corrected chi connectivity index (χ0v) is 18.1. The lowest BCUT2D eigenvalue weighted by atomic mass is 10.1. The average Bonchev–Trinajstić information content (AvgIpc) is 3.03. The van der Waals surface area contributed by atoms with Crippen molar-refractivity contribution in [1.29, 1.82) is 0 Å². The summed E-state index contributed by atoms with van der Waals surface area (Å²) in [5, 5.41) is 10.8. The van der Waals surface area contributed by atoms with Gasteiger partial charge in [0.1, 0.15) is 6.54 Å². The van der Waals surface area contributed by atoms with E-state index in [1.165, 1.54) is 5.56 Å². The molecule has 0 fully saturated rings. The van der Waals surface area contributed by atoms with E-state index in [0.717, 1.165) is 22.6 Å². The minimum absolute atomic E-state index is 0.0227. The summed E-state index contributed by atoms with van der Waals surface area (Å²) in [6, 6.07) is 17.1. The number of benzene rings is 2. The van der Waals surface area contributed by atoms with E-state index in [1.54, 1.807) is 11.0 Å². The summed E-state index contributed by atoms with van der Waals surface area (Å²) in [7, 11) is 0. The maximum absolute atomic E-state index is 13.1. The normalized spacial score (nSPS) is 14.2. The second kappa shape index (κ2) is 8.73. The molecule has 0 saturated carbocycles. The number of para-hydroxylation sites is 2. The third-order valence-corrected chi connectivity index (χ3v) is 5.70. The molecule has 0 radical (unpaired) electrons. The van der Waals surface area contributed by atoms with Crippen LogP contribution in [0.4, 0.5) is 11.4 Å². The summed E-state index contributed by atoms with van der Waals surface area (Å²) in [6.45, 7) is 7.13. The van der Waals surface area contributed by atoms with E-state index in [-0.39, 0.29) is 18.4 Å². The predicted molar refractivity (Wildman–Crippen MR) is 121 cm³/mol.